The number of anilines is 1. The van der Waals surface area contributed by atoms with Gasteiger partial charge in [-0.05, 0) is 30.2 Å². The average Bonchev–Trinajstić information content (AvgIpc) is 3.00. The highest BCUT2D eigenvalue weighted by atomic mass is 32.1. The molecule has 3 rings (SSSR count). The van der Waals surface area contributed by atoms with E-state index in [9.17, 15) is 4.79 Å². The number of aromatic nitrogens is 2. The Morgan fingerprint density at radius 3 is 2.91 bits per heavy atom. The molecule has 1 aromatic heterocycles. The van der Waals surface area contributed by atoms with Crippen molar-refractivity contribution >= 4 is 28.5 Å². The van der Waals surface area contributed by atoms with Crippen LogP contribution in [-0.4, -0.2) is 29.3 Å². The summed E-state index contributed by atoms with van der Waals surface area (Å²) in [4.78, 5) is 11.9. The predicted molar refractivity (Wildman–Crippen MR) is 84.4 cm³/mol. The molecule has 1 aromatic carbocycles. The number of carbonyl (C=O) groups is 1. The minimum Gasteiger partial charge on any atom is -0.486 e. The van der Waals surface area contributed by atoms with Gasteiger partial charge in [-0.1, -0.05) is 24.3 Å². The predicted octanol–water partition coefficient (Wildman–Crippen LogP) is 2.52. The second kappa shape index (κ2) is 6.57. The molecule has 1 aliphatic rings. The SMILES string of the molecule is CCc1nnc(NC(=O)/C=C/c2ccc3c(c2)OCCO3)s1. The summed E-state index contributed by atoms with van der Waals surface area (Å²) in [6, 6.07) is 5.56. The molecule has 0 fully saturated rings. The third kappa shape index (κ3) is 3.43. The van der Waals surface area contributed by atoms with E-state index in [1.807, 2.05) is 25.1 Å². The van der Waals surface area contributed by atoms with Crippen molar-refractivity contribution in [3.05, 3.63) is 34.8 Å². The van der Waals surface area contributed by atoms with Crippen molar-refractivity contribution in [2.24, 2.45) is 0 Å². The zero-order chi connectivity index (χ0) is 15.4. The molecule has 0 aliphatic carbocycles. The summed E-state index contributed by atoms with van der Waals surface area (Å²) in [6.45, 7) is 3.09. The average molecular weight is 317 g/mol. The van der Waals surface area contributed by atoms with E-state index in [-0.39, 0.29) is 5.91 Å². The fourth-order valence-electron chi connectivity index (χ4n) is 1.93. The molecule has 114 valence electrons. The molecule has 0 saturated carbocycles. The van der Waals surface area contributed by atoms with E-state index in [0.717, 1.165) is 22.7 Å². The molecule has 0 unspecified atom stereocenters. The first-order valence-corrected chi connectivity index (χ1v) is 7.77. The van der Waals surface area contributed by atoms with E-state index >= 15 is 0 Å². The Morgan fingerprint density at radius 1 is 1.32 bits per heavy atom. The molecule has 2 heterocycles. The molecule has 6 nitrogen and oxygen atoms in total. The first-order valence-electron chi connectivity index (χ1n) is 6.95. The molecule has 0 radical (unpaired) electrons. The third-order valence-corrected chi connectivity index (χ3v) is 3.98. The summed E-state index contributed by atoms with van der Waals surface area (Å²) in [7, 11) is 0. The van der Waals surface area contributed by atoms with Gasteiger partial charge in [-0.2, -0.15) is 0 Å². The van der Waals surface area contributed by atoms with Crippen LogP contribution in [-0.2, 0) is 11.2 Å². The summed E-state index contributed by atoms with van der Waals surface area (Å²) >= 11 is 1.38. The van der Waals surface area contributed by atoms with E-state index < -0.39 is 0 Å². The Hall–Kier alpha value is -2.41. The largest absolute Gasteiger partial charge is 0.486 e. The van der Waals surface area contributed by atoms with Crippen molar-refractivity contribution in [1.29, 1.82) is 0 Å². The van der Waals surface area contributed by atoms with Crippen molar-refractivity contribution in [2.45, 2.75) is 13.3 Å². The Labute approximate surface area is 131 Å². The number of amides is 1. The van der Waals surface area contributed by atoms with Crippen LogP contribution in [0.1, 0.15) is 17.5 Å². The van der Waals surface area contributed by atoms with Crippen LogP contribution in [0.25, 0.3) is 6.08 Å². The second-order valence-electron chi connectivity index (χ2n) is 4.58. The van der Waals surface area contributed by atoms with Crippen LogP contribution < -0.4 is 14.8 Å². The maximum atomic E-state index is 11.9. The maximum Gasteiger partial charge on any atom is 0.250 e. The van der Waals surface area contributed by atoms with Gasteiger partial charge in [-0.3, -0.25) is 10.1 Å². The molecule has 2 aromatic rings. The maximum absolute atomic E-state index is 11.9. The fourth-order valence-corrected chi connectivity index (χ4v) is 2.61. The van der Waals surface area contributed by atoms with E-state index in [2.05, 4.69) is 15.5 Å². The molecule has 1 aliphatic heterocycles. The summed E-state index contributed by atoms with van der Waals surface area (Å²) in [5.41, 5.74) is 0.867. The minimum absolute atomic E-state index is 0.242. The fraction of sp³-hybridized carbons (Fsp3) is 0.267. The Kier molecular flexibility index (Phi) is 4.34. The number of aryl methyl sites for hydroxylation is 1. The standard InChI is InChI=1S/C15H15N3O3S/c1-2-14-17-18-15(22-14)16-13(19)6-4-10-3-5-11-12(9-10)21-8-7-20-11/h3-6,9H,2,7-8H2,1H3,(H,16,18,19)/b6-4+. The van der Waals surface area contributed by atoms with Gasteiger partial charge in [0.25, 0.3) is 0 Å². The van der Waals surface area contributed by atoms with E-state index in [1.165, 1.54) is 17.4 Å². The summed E-state index contributed by atoms with van der Waals surface area (Å²) in [5, 5.41) is 12.0. The lowest BCUT2D eigenvalue weighted by molar-refractivity contribution is -0.111. The lowest BCUT2D eigenvalue weighted by Crippen LogP contribution is -2.15. The van der Waals surface area contributed by atoms with Crippen molar-refractivity contribution in [1.82, 2.24) is 10.2 Å². The first kappa shape index (κ1) is 14.5. The summed E-state index contributed by atoms with van der Waals surface area (Å²) in [5.74, 6) is 1.19. The van der Waals surface area contributed by atoms with Crippen LogP contribution in [0.15, 0.2) is 24.3 Å². The molecular formula is C15H15N3O3S. The lowest BCUT2D eigenvalue weighted by atomic mass is 10.2. The monoisotopic (exact) mass is 317 g/mol. The van der Waals surface area contributed by atoms with Gasteiger partial charge in [0.1, 0.15) is 18.2 Å². The Morgan fingerprint density at radius 2 is 2.14 bits per heavy atom. The molecule has 22 heavy (non-hydrogen) atoms. The number of carbonyl (C=O) groups excluding carboxylic acids is 1. The number of nitrogens with one attached hydrogen (secondary N) is 1. The molecule has 0 saturated heterocycles. The topological polar surface area (TPSA) is 73.3 Å². The van der Waals surface area contributed by atoms with E-state index in [4.69, 9.17) is 9.47 Å². The Balaban J connectivity index is 1.64. The highest BCUT2D eigenvalue weighted by Crippen LogP contribution is 2.31. The quantitative estimate of drug-likeness (QED) is 0.877. The number of rotatable bonds is 4. The van der Waals surface area contributed by atoms with Gasteiger partial charge in [0.15, 0.2) is 11.5 Å². The molecule has 7 heteroatoms. The van der Waals surface area contributed by atoms with Gasteiger partial charge >= 0.3 is 0 Å². The first-order chi connectivity index (χ1) is 10.7. The van der Waals surface area contributed by atoms with E-state index in [0.29, 0.717) is 24.1 Å². The van der Waals surface area contributed by atoms with Crippen molar-refractivity contribution in [3.8, 4) is 11.5 Å². The van der Waals surface area contributed by atoms with Crippen molar-refractivity contribution in [3.63, 3.8) is 0 Å². The van der Waals surface area contributed by atoms with Gasteiger partial charge in [0, 0.05) is 6.08 Å². The zero-order valence-electron chi connectivity index (χ0n) is 12.0. The number of hydrogen-bond donors (Lipinski definition) is 1. The molecule has 0 bridgehead atoms. The molecule has 1 amide bonds. The smallest absolute Gasteiger partial charge is 0.250 e. The van der Waals surface area contributed by atoms with Gasteiger partial charge in [-0.25, -0.2) is 0 Å². The van der Waals surface area contributed by atoms with E-state index in [1.54, 1.807) is 6.08 Å². The van der Waals surface area contributed by atoms with Crippen LogP contribution >= 0.6 is 11.3 Å². The van der Waals surface area contributed by atoms with Crippen molar-refractivity contribution < 1.29 is 14.3 Å². The summed E-state index contributed by atoms with van der Waals surface area (Å²) in [6.07, 6.45) is 3.98. The van der Waals surface area contributed by atoms with Crippen LogP contribution in [0.2, 0.25) is 0 Å². The highest BCUT2D eigenvalue weighted by molar-refractivity contribution is 7.15. The number of benzene rings is 1. The number of ether oxygens (including phenoxy) is 2. The van der Waals surface area contributed by atoms with Crippen molar-refractivity contribution in [2.75, 3.05) is 18.5 Å². The molecular weight excluding hydrogens is 302 g/mol. The third-order valence-electron chi connectivity index (χ3n) is 2.99. The van der Waals surface area contributed by atoms with Gasteiger partial charge in [0.05, 0.1) is 0 Å². The molecule has 0 spiro atoms. The second-order valence-corrected chi connectivity index (χ2v) is 5.64. The summed E-state index contributed by atoms with van der Waals surface area (Å²) < 4.78 is 11.0. The normalized spacial score (nSPS) is 13.3. The minimum atomic E-state index is -0.242. The number of fused-ring (bicyclic) bond motifs is 1. The van der Waals surface area contributed by atoms with Gasteiger partial charge < -0.3 is 9.47 Å². The van der Waals surface area contributed by atoms with Gasteiger partial charge in [-0.15, -0.1) is 10.2 Å². The lowest BCUT2D eigenvalue weighted by Gasteiger charge is -2.18. The molecule has 1 N–H and O–H groups in total. The van der Waals surface area contributed by atoms with Crippen LogP contribution in [0.4, 0.5) is 5.13 Å². The highest BCUT2D eigenvalue weighted by Gasteiger charge is 2.11. The number of hydrogen-bond acceptors (Lipinski definition) is 6. The van der Waals surface area contributed by atoms with Crippen LogP contribution in [0.3, 0.4) is 0 Å². The van der Waals surface area contributed by atoms with Crippen LogP contribution in [0, 0.1) is 0 Å². The molecule has 0 atom stereocenters. The van der Waals surface area contributed by atoms with Crippen LogP contribution in [0.5, 0.6) is 11.5 Å². The zero-order valence-corrected chi connectivity index (χ0v) is 12.9. The van der Waals surface area contributed by atoms with Gasteiger partial charge in [0.2, 0.25) is 11.0 Å². The Bertz CT molecular complexity index is 712. The number of nitrogens with zero attached hydrogens (tertiary/aromatic N) is 2.